The highest BCUT2D eigenvalue weighted by Crippen LogP contribution is 2.17. The Balaban J connectivity index is 2.38. The first kappa shape index (κ1) is 12.9. The molecule has 1 heterocycles. The van der Waals surface area contributed by atoms with Gasteiger partial charge in [-0.1, -0.05) is 18.7 Å². The first-order chi connectivity index (χ1) is 7.70. The van der Waals surface area contributed by atoms with Crippen LogP contribution in [0.2, 0.25) is 0 Å². The summed E-state index contributed by atoms with van der Waals surface area (Å²) in [7, 11) is 0. The number of hydrogen-bond acceptors (Lipinski definition) is 5. The van der Waals surface area contributed by atoms with E-state index in [1.165, 1.54) is 0 Å². The first-order valence-corrected chi connectivity index (χ1v) is 6.25. The minimum absolute atomic E-state index is 0.448. The van der Waals surface area contributed by atoms with Gasteiger partial charge in [-0.15, -0.1) is 0 Å². The lowest BCUT2D eigenvalue weighted by molar-refractivity contribution is 0.450. The van der Waals surface area contributed by atoms with Crippen LogP contribution < -0.4 is 5.32 Å². The largest absolute Gasteiger partial charge is 0.300 e. The number of nitrogens with one attached hydrogen (secondary N) is 1. The van der Waals surface area contributed by atoms with Crippen LogP contribution in [0.5, 0.6) is 0 Å². The lowest BCUT2D eigenvalue weighted by atomic mass is 10.0. The zero-order chi connectivity index (χ0) is 11.9. The summed E-state index contributed by atoms with van der Waals surface area (Å²) in [6, 6.07) is 4.09. The molecule has 1 atom stereocenters. The number of thioether (sulfide) groups is 1. The number of nitrogens with zero attached hydrogens (tertiary/aromatic N) is 3. The summed E-state index contributed by atoms with van der Waals surface area (Å²) in [4.78, 5) is 8.24. The van der Waals surface area contributed by atoms with E-state index < -0.39 is 5.54 Å². The summed E-state index contributed by atoms with van der Waals surface area (Å²) in [5.74, 6) is 0.834. The quantitative estimate of drug-likeness (QED) is 0.603. The summed E-state index contributed by atoms with van der Waals surface area (Å²) in [6.07, 6.45) is 4.23. The van der Waals surface area contributed by atoms with E-state index in [-0.39, 0.29) is 0 Å². The van der Waals surface area contributed by atoms with E-state index in [0.717, 1.165) is 23.9 Å². The predicted octanol–water partition coefficient (Wildman–Crippen LogP) is 1.85. The molecule has 1 unspecified atom stereocenters. The molecule has 0 aromatic carbocycles. The van der Waals surface area contributed by atoms with E-state index in [1.807, 2.05) is 13.8 Å². The van der Waals surface area contributed by atoms with Gasteiger partial charge in [-0.3, -0.25) is 5.32 Å². The fourth-order valence-corrected chi connectivity index (χ4v) is 2.24. The lowest BCUT2D eigenvalue weighted by Crippen LogP contribution is -2.41. The molecule has 1 N–H and O–H groups in total. The predicted molar refractivity (Wildman–Crippen MR) is 65.1 cm³/mol. The Morgan fingerprint density at radius 1 is 1.50 bits per heavy atom. The Kier molecular flexibility index (Phi) is 5.23. The van der Waals surface area contributed by atoms with Crippen molar-refractivity contribution in [3.63, 3.8) is 0 Å². The van der Waals surface area contributed by atoms with E-state index in [0.29, 0.717) is 0 Å². The Morgan fingerprint density at radius 2 is 2.19 bits per heavy atom. The maximum atomic E-state index is 9.06. The molecule has 0 saturated heterocycles. The molecule has 1 aromatic heterocycles. The summed E-state index contributed by atoms with van der Waals surface area (Å²) in [6.45, 7) is 4.72. The van der Waals surface area contributed by atoms with Gasteiger partial charge in [-0.25, -0.2) is 9.97 Å². The number of nitriles is 1. The van der Waals surface area contributed by atoms with Gasteiger partial charge in [-0.05, 0) is 26.0 Å². The highest BCUT2D eigenvalue weighted by Gasteiger charge is 2.21. The normalized spacial score (nSPS) is 14.1. The second-order valence-electron chi connectivity index (χ2n) is 3.60. The van der Waals surface area contributed by atoms with Gasteiger partial charge in [0.05, 0.1) is 6.07 Å². The molecule has 0 aliphatic heterocycles. The van der Waals surface area contributed by atoms with Crippen LogP contribution >= 0.6 is 11.8 Å². The second-order valence-corrected chi connectivity index (χ2v) is 4.67. The summed E-state index contributed by atoms with van der Waals surface area (Å²) in [5.41, 5.74) is -0.448. The van der Waals surface area contributed by atoms with Crippen molar-refractivity contribution in [2.24, 2.45) is 0 Å². The van der Waals surface area contributed by atoms with Crippen molar-refractivity contribution >= 4 is 11.8 Å². The average molecular weight is 236 g/mol. The molecule has 16 heavy (non-hydrogen) atoms. The van der Waals surface area contributed by atoms with Crippen LogP contribution in [0.1, 0.15) is 20.3 Å². The number of aromatic nitrogens is 2. The molecule has 1 aromatic rings. The average Bonchev–Trinajstić information content (AvgIpc) is 2.31. The Hall–Kier alpha value is -1.12. The summed E-state index contributed by atoms with van der Waals surface area (Å²) < 4.78 is 0. The highest BCUT2D eigenvalue weighted by molar-refractivity contribution is 7.99. The Labute approximate surface area is 100 Å². The van der Waals surface area contributed by atoms with Crippen molar-refractivity contribution in [2.45, 2.75) is 31.0 Å². The van der Waals surface area contributed by atoms with E-state index >= 15 is 0 Å². The maximum absolute atomic E-state index is 9.06. The minimum atomic E-state index is -0.448. The van der Waals surface area contributed by atoms with Crippen LogP contribution in [0.15, 0.2) is 23.6 Å². The van der Waals surface area contributed by atoms with E-state index in [2.05, 4.69) is 21.4 Å². The van der Waals surface area contributed by atoms with Crippen LogP contribution in [0.4, 0.5) is 0 Å². The molecular formula is C11H16N4S. The monoisotopic (exact) mass is 236 g/mol. The zero-order valence-electron chi connectivity index (χ0n) is 9.60. The molecular weight excluding hydrogens is 220 g/mol. The van der Waals surface area contributed by atoms with E-state index in [1.54, 1.807) is 30.2 Å². The van der Waals surface area contributed by atoms with Gasteiger partial charge in [-0.2, -0.15) is 5.26 Å². The zero-order valence-corrected chi connectivity index (χ0v) is 10.4. The van der Waals surface area contributed by atoms with Crippen LogP contribution in [0.25, 0.3) is 0 Å². The van der Waals surface area contributed by atoms with Gasteiger partial charge in [0.1, 0.15) is 5.54 Å². The molecule has 1 rings (SSSR count). The summed E-state index contributed by atoms with van der Waals surface area (Å²) >= 11 is 1.58. The van der Waals surface area contributed by atoms with Crippen LogP contribution in [0, 0.1) is 11.3 Å². The fraction of sp³-hybridized carbons (Fsp3) is 0.545. The molecule has 0 bridgehead atoms. The van der Waals surface area contributed by atoms with Crippen molar-refractivity contribution in [3.8, 4) is 6.07 Å². The molecule has 86 valence electrons. The summed E-state index contributed by atoms with van der Waals surface area (Å²) in [5, 5.41) is 13.0. The molecule has 0 fully saturated rings. The number of hydrogen-bond donors (Lipinski definition) is 1. The SMILES string of the molecule is CCNC(C)(C#N)CCSc1ncccn1. The second kappa shape index (κ2) is 6.46. The molecule has 5 heteroatoms. The van der Waals surface area contributed by atoms with Gasteiger partial charge < -0.3 is 0 Å². The number of rotatable bonds is 6. The molecule has 0 radical (unpaired) electrons. The molecule has 0 saturated carbocycles. The van der Waals surface area contributed by atoms with Crippen molar-refractivity contribution in [2.75, 3.05) is 12.3 Å². The van der Waals surface area contributed by atoms with Crippen molar-refractivity contribution in [1.29, 1.82) is 5.26 Å². The van der Waals surface area contributed by atoms with Crippen LogP contribution in [-0.4, -0.2) is 27.8 Å². The molecule has 0 amide bonds. The Morgan fingerprint density at radius 3 is 2.75 bits per heavy atom. The van der Waals surface area contributed by atoms with Gasteiger partial charge in [0, 0.05) is 18.1 Å². The maximum Gasteiger partial charge on any atom is 0.187 e. The lowest BCUT2D eigenvalue weighted by Gasteiger charge is -2.21. The van der Waals surface area contributed by atoms with Crippen molar-refractivity contribution in [3.05, 3.63) is 18.5 Å². The van der Waals surface area contributed by atoms with Gasteiger partial charge in [0.2, 0.25) is 0 Å². The third-order valence-corrected chi connectivity index (χ3v) is 3.07. The van der Waals surface area contributed by atoms with E-state index in [9.17, 15) is 0 Å². The molecule has 0 spiro atoms. The van der Waals surface area contributed by atoms with Gasteiger partial charge >= 0.3 is 0 Å². The standard InChI is InChI=1S/C11H16N4S/c1-3-15-11(2,9-12)5-8-16-10-13-6-4-7-14-10/h4,6-7,15H,3,5,8H2,1-2H3. The molecule has 0 aliphatic rings. The highest BCUT2D eigenvalue weighted by atomic mass is 32.2. The van der Waals surface area contributed by atoms with E-state index in [4.69, 9.17) is 5.26 Å². The smallest absolute Gasteiger partial charge is 0.187 e. The van der Waals surface area contributed by atoms with Crippen LogP contribution in [0.3, 0.4) is 0 Å². The fourth-order valence-electron chi connectivity index (χ4n) is 1.28. The van der Waals surface area contributed by atoms with Gasteiger partial charge in [0.15, 0.2) is 5.16 Å². The van der Waals surface area contributed by atoms with Crippen LogP contribution in [-0.2, 0) is 0 Å². The molecule has 4 nitrogen and oxygen atoms in total. The Bertz CT molecular complexity index is 349. The topological polar surface area (TPSA) is 61.6 Å². The third kappa shape index (κ3) is 4.17. The first-order valence-electron chi connectivity index (χ1n) is 5.26. The molecule has 0 aliphatic carbocycles. The minimum Gasteiger partial charge on any atom is -0.300 e. The van der Waals surface area contributed by atoms with Crippen molar-refractivity contribution in [1.82, 2.24) is 15.3 Å². The third-order valence-electron chi connectivity index (χ3n) is 2.19. The van der Waals surface area contributed by atoms with Gasteiger partial charge in [0.25, 0.3) is 0 Å². The van der Waals surface area contributed by atoms with Crippen molar-refractivity contribution < 1.29 is 0 Å².